The maximum Gasteiger partial charge on any atom is 0.318 e. The fraction of sp³-hybridized carbons (Fsp3) is 0.286. The third kappa shape index (κ3) is 6.01. The molecule has 5 heteroatoms. The molecule has 2 atom stereocenters. The van der Waals surface area contributed by atoms with E-state index in [1.54, 1.807) is 0 Å². The van der Waals surface area contributed by atoms with E-state index in [0.29, 0.717) is 19.6 Å². The van der Waals surface area contributed by atoms with Crippen LogP contribution < -0.4 is 10.6 Å². The van der Waals surface area contributed by atoms with E-state index in [9.17, 15) is 9.59 Å². The zero-order chi connectivity index (χ0) is 23.0. The van der Waals surface area contributed by atoms with Crippen LogP contribution in [0.1, 0.15) is 41.1 Å². The average molecular weight is 442 g/mol. The Morgan fingerprint density at radius 3 is 2.21 bits per heavy atom. The first kappa shape index (κ1) is 22.6. The van der Waals surface area contributed by atoms with Crippen molar-refractivity contribution >= 4 is 11.9 Å². The van der Waals surface area contributed by atoms with Crippen molar-refractivity contribution in [1.82, 2.24) is 15.5 Å². The minimum absolute atomic E-state index is 0.00359. The summed E-state index contributed by atoms with van der Waals surface area (Å²) in [6.07, 6.45) is 1.51. The van der Waals surface area contributed by atoms with Gasteiger partial charge in [0.15, 0.2) is 0 Å². The first-order valence-corrected chi connectivity index (χ1v) is 11.6. The van der Waals surface area contributed by atoms with E-state index in [1.165, 1.54) is 5.56 Å². The molecule has 33 heavy (non-hydrogen) atoms. The average Bonchev–Trinajstić information content (AvgIpc) is 2.86. The van der Waals surface area contributed by atoms with Gasteiger partial charge in [-0.25, -0.2) is 4.79 Å². The lowest BCUT2D eigenvalue weighted by Gasteiger charge is -2.39. The maximum atomic E-state index is 13.2. The number of hydrogen-bond acceptors (Lipinski definition) is 2. The van der Waals surface area contributed by atoms with Crippen LogP contribution in [0.5, 0.6) is 0 Å². The molecule has 3 aromatic carbocycles. The van der Waals surface area contributed by atoms with E-state index >= 15 is 0 Å². The zero-order valence-electron chi connectivity index (χ0n) is 19.0. The molecule has 0 aromatic heterocycles. The summed E-state index contributed by atoms with van der Waals surface area (Å²) in [5, 5.41) is 6.12. The Balaban J connectivity index is 1.43. The van der Waals surface area contributed by atoms with Gasteiger partial charge in [-0.2, -0.15) is 0 Å². The Morgan fingerprint density at radius 2 is 1.48 bits per heavy atom. The SMILES string of the molecule is Cc1cccc(CNC(=O)[C@H]2CC[C@H](c3ccccc3)N(C(=O)NCc3ccccc3)C2)c1. The van der Waals surface area contributed by atoms with Crippen LogP contribution in [-0.4, -0.2) is 23.4 Å². The maximum absolute atomic E-state index is 13.2. The number of piperidine rings is 1. The summed E-state index contributed by atoms with van der Waals surface area (Å²) >= 11 is 0. The Hall–Kier alpha value is -3.60. The van der Waals surface area contributed by atoms with Crippen LogP contribution in [0.15, 0.2) is 84.9 Å². The quantitative estimate of drug-likeness (QED) is 0.567. The number of amides is 3. The van der Waals surface area contributed by atoms with Gasteiger partial charge in [-0.1, -0.05) is 90.5 Å². The zero-order valence-corrected chi connectivity index (χ0v) is 19.0. The van der Waals surface area contributed by atoms with Gasteiger partial charge in [-0.05, 0) is 36.5 Å². The molecule has 2 N–H and O–H groups in total. The predicted octanol–water partition coefficient (Wildman–Crippen LogP) is 4.97. The van der Waals surface area contributed by atoms with Crippen LogP contribution in [0.3, 0.4) is 0 Å². The van der Waals surface area contributed by atoms with Crippen molar-refractivity contribution in [2.75, 3.05) is 6.54 Å². The second kappa shape index (κ2) is 10.8. The third-order valence-electron chi connectivity index (χ3n) is 6.23. The topological polar surface area (TPSA) is 61.4 Å². The van der Waals surface area contributed by atoms with E-state index in [0.717, 1.165) is 29.5 Å². The van der Waals surface area contributed by atoms with Gasteiger partial charge in [-0.3, -0.25) is 4.79 Å². The van der Waals surface area contributed by atoms with Crippen molar-refractivity contribution in [3.63, 3.8) is 0 Å². The molecule has 1 fully saturated rings. The van der Waals surface area contributed by atoms with E-state index < -0.39 is 0 Å². The highest BCUT2D eigenvalue weighted by Crippen LogP contribution is 2.33. The van der Waals surface area contributed by atoms with Crippen LogP contribution >= 0.6 is 0 Å². The van der Waals surface area contributed by atoms with Gasteiger partial charge in [0.25, 0.3) is 0 Å². The smallest absolute Gasteiger partial charge is 0.318 e. The molecule has 1 saturated heterocycles. The first-order chi connectivity index (χ1) is 16.1. The molecule has 5 nitrogen and oxygen atoms in total. The standard InChI is InChI=1S/C28H31N3O2/c1-21-9-8-12-23(17-21)19-29-27(32)25-15-16-26(24-13-6-3-7-14-24)31(20-25)28(33)30-18-22-10-4-2-5-11-22/h2-14,17,25-26H,15-16,18-20H2,1H3,(H,29,32)(H,30,33)/t25-,26+/m0/s1. The molecule has 0 saturated carbocycles. The van der Waals surface area contributed by atoms with Crippen LogP contribution in [0, 0.1) is 12.8 Å². The molecule has 1 aliphatic rings. The molecule has 0 bridgehead atoms. The minimum atomic E-state index is -0.225. The summed E-state index contributed by atoms with van der Waals surface area (Å²) in [4.78, 5) is 28.0. The molecule has 0 spiro atoms. The van der Waals surface area contributed by atoms with Crippen LogP contribution in [0.2, 0.25) is 0 Å². The summed E-state index contributed by atoms with van der Waals surface area (Å²) in [5.41, 5.74) is 4.41. The number of nitrogens with one attached hydrogen (secondary N) is 2. The Morgan fingerprint density at radius 1 is 0.818 bits per heavy atom. The Kier molecular flexibility index (Phi) is 7.40. The highest BCUT2D eigenvalue weighted by atomic mass is 16.2. The molecular weight excluding hydrogens is 410 g/mol. The van der Waals surface area contributed by atoms with Gasteiger partial charge in [0.2, 0.25) is 5.91 Å². The number of hydrogen-bond donors (Lipinski definition) is 2. The lowest BCUT2D eigenvalue weighted by atomic mass is 9.88. The van der Waals surface area contributed by atoms with E-state index in [2.05, 4.69) is 28.8 Å². The number of benzene rings is 3. The summed E-state index contributed by atoms with van der Waals surface area (Å²) in [6.45, 7) is 3.41. The van der Waals surface area contributed by atoms with Crippen molar-refractivity contribution in [1.29, 1.82) is 0 Å². The minimum Gasteiger partial charge on any atom is -0.352 e. The number of rotatable bonds is 6. The summed E-state index contributed by atoms with van der Waals surface area (Å²) in [7, 11) is 0. The van der Waals surface area contributed by atoms with Crippen LogP contribution in [0.25, 0.3) is 0 Å². The van der Waals surface area contributed by atoms with Gasteiger partial charge >= 0.3 is 6.03 Å². The largest absolute Gasteiger partial charge is 0.352 e. The molecule has 1 aliphatic heterocycles. The molecule has 3 aromatic rings. The highest BCUT2D eigenvalue weighted by Gasteiger charge is 2.35. The highest BCUT2D eigenvalue weighted by molar-refractivity contribution is 5.81. The number of urea groups is 1. The second-order valence-corrected chi connectivity index (χ2v) is 8.70. The summed E-state index contributed by atoms with van der Waals surface area (Å²) in [5.74, 6) is -0.221. The van der Waals surface area contributed by atoms with Crippen LogP contribution in [0.4, 0.5) is 4.79 Å². The lowest BCUT2D eigenvalue weighted by molar-refractivity contribution is -0.126. The lowest BCUT2D eigenvalue weighted by Crippen LogP contribution is -2.50. The second-order valence-electron chi connectivity index (χ2n) is 8.70. The number of likely N-dealkylation sites (tertiary alicyclic amines) is 1. The van der Waals surface area contributed by atoms with Crippen molar-refractivity contribution < 1.29 is 9.59 Å². The molecular formula is C28H31N3O2. The van der Waals surface area contributed by atoms with Gasteiger partial charge in [-0.15, -0.1) is 0 Å². The fourth-order valence-electron chi connectivity index (χ4n) is 4.46. The molecule has 0 unspecified atom stereocenters. The first-order valence-electron chi connectivity index (χ1n) is 11.6. The Bertz CT molecular complexity index is 1070. The number of nitrogens with zero attached hydrogens (tertiary/aromatic N) is 1. The van der Waals surface area contributed by atoms with Gasteiger partial charge in [0, 0.05) is 19.6 Å². The van der Waals surface area contributed by atoms with Crippen molar-refractivity contribution in [3.05, 3.63) is 107 Å². The summed E-state index contributed by atoms with van der Waals surface area (Å²) < 4.78 is 0. The molecule has 0 radical (unpaired) electrons. The van der Waals surface area contributed by atoms with Gasteiger partial charge < -0.3 is 15.5 Å². The van der Waals surface area contributed by atoms with E-state index in [1.807, 2.05) is 78.6 Å². The number of carbonyl (C=O) groups excluding carboxylic acids is 2. The molecule has 170 valence electrons. The monoisotopic (exact) mass is 441 g/mol. The van der Waals surface area contributed by atoms with E-state index in [-0.39, 0.29) is 23.9 Å². The number of aryl methyl sites for hydroxylation is 1. The van der Waals surface area contributed by atoms with Crippen molar-refractivity contribution in [3.8, 4) is 0 Å². The number of carbonyl (C=O) groups is 2. The van der Waals surface area contributed by atoms with Crippen molar-refractivity contribution in [2.45, 2.75) is 38.9 Å². The van der Waals surface area contributed by atoms with Gasteiger partial charge in [0.1, 0.15) is 0 Å². The predicted molar refractivity (Wildman–Crippen MR) is 130 cm³/mol. The molecule has 3 amide bonds. The van der Waals surface area contributed by atoms with E-state index in [4.69, 9.17) is 0 Å². The Labute approximate surface area is 195 Å². The molecule has 0 aliphatic carbocycles. The van der Waals surface area contributed by atoms with Gasteiger partial charge in [0.05, 0.1) is 12.0 Å². The third-order valence-corrected chi connectivity index (χ3v) is 6.23. The molecule has 1 heterocycles. The molecule has 4 rings (SSSR count). The van der Waals surface area contributed by atoms with Crippen LogP contribution in [-0.2, 0) is 17.9 Å². The fourth-order valence-corrected chi connectivity index (χ4v) is 4.46. The summed E-state index contributed by atoms with van der Waals surface area (Å²) in [6, 6.07) is 27.9. The normalized spacial score (nSPS) is 17.9. The van der Waals surface area contributed by atoms with Crippen molar-refractivity contribution in [2.24, 2.45) is 5.92 Å².